The van der Waals surface area contributed by atoms with Crippen LogP contribution in [-0.4, -0.2) is 18.6 Å². The Labute approximate surface area is 112 Å². The molecule has 1 N–H and O–H groups in total. The lowest BCUT2D eigenvalue weighted by atomic mass is 10.1. The highest BCUT2D eigenvalue weighted by Gasteiger charge is 2.22. The van der Waals surface area contributed by atoms with Gasteiger partial charge in [-0.25, -0.2) is 0 Å². The maximum Gasteiger partial charge on any atom is 0.115 e. The van der Waals surface area contributed by atoms with E-state index in [1.54, 1.807) is 6.20 Å². The van der Waals surface area contributed by atoms with Crippen molar-refractivity contribution >= 4 is 31.9 Å². The third-order valence-corrected chi connectivity index (χ3v) is 3.48. The zero-order chi connectivity index (χ0) is 11.5. The first kappa shape index (κ1) is 12.1. The smallest absolute Gasteiger partial charge is 0.115 e. The SMILES string of the molecule is CNC(C1=CCCO1)c1ncc(Br)cc1Br. The van der Waals surface area contributed by atoms with Crippen molar-refractivity contribution in [3.8, 4) is 0 Å². The Bertz CT molecular complexity index is 420. The maximum atomic E-state index is 5.57. The second-order valence-corrected chi connectivity index (χ2v) is 5.26. The molecule has 2 heterocycles. The highest BCUT2D eigenvalue weighted by molar-refractivity contribution is 9.11. The van der Waals surface area contributed by atoms with Gasteiger partial charge in [-0.2, -0.15) is 0 Å². The molecule has 86 valence electrons. The summed E-state index contributed by atoms with van der Waals surface area (Å²) in [5.41, 5.74) is 0.943. The quantitative estimate of drug-likeness (QED) is 0.911. The van der Waals surface area contributed by atoms with Gasteiger partial charge >= 0.3 is 0 Å². The standard InChI is InChI=1S/C11H12Br2N2O/c1-14-11(9-3-2-4-16-9)10-8(13)5-7(12)6-15-10/h3,5-6,11,14H,2,4H2,1H3. The van der Waals surface area contributed by atoms with Crippen LogP contribution in [0.4, 0.5) is 0 Å². The second kappa shape index (κ2) is 5.29. The van der Waals surface area contributed by atoms with Crippen molar-refractivity contribution in [2.75, 3.05) is 13.7 Å². The number of hydrogen-bond donors (Lipinski definition) is 1. The molecule has 0 saturated heterocycles. The van der Waals surface area contributed by atoms with Crippen molar-refractivity contribution in [1.29, 1.82) is 0 Å². The molecule has 2 rings (SSSR count). The van der Waals surface area contributed by atoms with E-state index >= 15 is 0 Å². The van der Waals surface area contributed by atoms with Gasteiger partial charge in [0.25, 0.3) is 0 Å². The minimum atomic E-state index is 0.0185. The van der Waals surface area contributed by atoms with Gasteiger partial charge in [-0.3, -0.25) is 4.98 Å². The number of hydrogen-bond acceptors (Lipinski definition) is 3. The molecule has 0 fully saturated rings. The molecule has 0 saturated carbocycles. The average Bonchev–Trinajstić information content (AvgIpc) is 2.75. The minimum absolute atomic E-state index is 0.0185. The number of halogens is 2. The fraction of sp³-hybridized carbons (Fsp3) is 0.364. The first-order chi connectivity index (χ1) is 7.72. The lowest BCUT2D eigenvalue weighted by molar-refractivity contribution is 0.216. The van der Waals surface area contributed by atoms with Crippen LogP contribution in [0.25, 0.3) is 0 Å². The van der Waals surface area contributed by atoms with E-state index in [4.69, 9.17) is 4.74 Å². The van der Waals surface area contributed by atoms with Crippen molar-refractivity contribution in [2.24, 2.45) is 0 Å². The summed E-state index contributed by atoms with van der Waals surface area (Å²) in [6.07, 6.45) is 4.87. The summed E-state index contributed by atoms with van der Waals surface area (Å²) in [6.45, 7) is 0.766. The number of rotatable bonds is 3. The van der Waals surface area contributed by atoms with Crippen LogP contribution in [0.5, 0.6) is 0 Å². The summed E-state index contributed by atoms with van der Waals surface area (Å²) < 4.78 is 7.50. The molecule has 5 heteroatoms. The lowest BCUT2D eigenvalue weighted by Crippen LogP contribution is -2.20. The molecule has 0 bridgehead atoms. The number of likely N-dealkylation sites (N-methyl/N-ethyl adjacent to an activating group) is 1. The van der Waals surface area contributed by atoms with Gasteiger partial charge in [0.2, 0.25) is 0 Å². The fourth-order valence-corrected chi connectivity index (χ4v) is 2.91. The molecule has 1 unspecified atom stereocenters. The summed E-state index contributed by atoms with van der Waals surface area (Å²) in [7, 11) is 1.91. The molecule has 0 aromatic carbocycles. The van der Waals surface area contributed by atoms with E-state index in [2.05, 4.69) is 48.2 Å². The van der Waals surface area contributed by atoms with Crippen molar-refractivity contribution < 1.29 is 4.74 Å². The normalized spacial score (nSPS) is 16.8. The van der Waals surface area contributed by atoms with Crippen LogP contribution in [0.3, 0.4) is 0 Å². The summed E-state index contributed by atoms with van der Waals surface area (Å²) in [5.74, 6) is 0.957. The number of ether oxygens (including phenoxy) is 1. The molecule has 1 aromatic heterocycles. The Morgan fingerprint density at radius 1 is 1.50 bits per heavy atom. The monoisotopic (exact) mass is 346 g/mol. The van der Waals surface area contributed by atoms with Crippen LogP contribution in [0.1, 0.15) is 18.2 Å². The summed E-state index contributed by atoms with van der Waals surface area (Å²) in [4.78, 5) is 4.42. The minimum Gasteiger partial charge on any atom is -0.496 e. The Hall–Kier alpha value is -0.390. The van der Waals surface area contributed by atoms with Gasteiger partial charge in [0.05, 0.1) is 12.3 Å². The summed E-state index contributed by atoms with van der Waals surface area (Å²) in [5, 5.41) is 3.22. The van der Waals surface area contributed by atoms with E-state index < -0.39 is 0 Å². The number of pyridine rings is 1. The van der Waals surface area contributed by atoms with Crippen LogP contribution >= 0.6 is 31.9 Å². The van der Waals surface area contributed by atoms with Crippen LogP contribution in [0.15, 0.2) is 33.0 Å². The number of nitrogens with one attached hydrogen (secondary N) is 1. The van der Waals surface area contributed by atoms with Gasteiger partial charge < -0.3 is 10.1 Å². The molecule has 0 aliphatic carbocycles. The molecule has 16 heavy (non-hydrogen) atoms. The molecule has 1 atom stereocenters. The van der Waals surface area contributed by atoms with Gasteiger partial charge in [0, 0.05) is 21.6 Å². The fourth-order valence-electron chi connectivity index (χ4n) is 1.69. The van der Waals surface area contributed by atoms with Crippen LogP contribution < -0.4 is 5.32 Å². The molecule has 0 spiro atoms. The van der Waals surface area contributed by atoms with Crippen molar-refractivity contribution in [3.63, 3.8) is 0 Å². The Morgan fingerprint density at radius 3 is 2.88 bits per heavy atom. The largest absolute Gasteiger partial charge is 0.496 e. The Morgan fingerprint density at radius 2 is 2.31 bits per heavy atom. The van der Waals surface area contributed by atoms with Crippen molar-refractivity contribution in [3.05, 3.63) is 38.7 Å². The molecule has 3 nitrogen and oxygen atoms in total. The zero-order valence-corrected chi connectivity index (χ0v) is 12.0. The van der Waals surface area contributed by atoms with Crippen molar-refractivity contribution in [2.45, 2.75) is 12.5 Å². The summed E-state index contributed by atoms with van der Waals surface area (Å²) in [6, 6.07) is 2.01. The highest BCUT2D eigenvalue weighted by atomic mass is 79.9. The third-order valence-electron chi connectivity index (χ3n) is 2.42. The van der Waals surface area contributed by atoms with Gasteiger partial charge in [0.15, 0.2) is 0 Å². The summed E-state index contributed by atoms with van der Waals surface area (Å²) >= 11 is 6.91. The van der Waals surface area contributed by atoms with E-state index in [9.17, 15) is 0 Å². The molecule has 1 aliphatic rings. The second-order valence-electron chi connectivity index (χ2n) is 3.49. The van der Waals surface area contributed by atoms with E-state index in [1.165, 1.54) is 0 Å². The molecular formula is C11H12Br2N2O. The van der Waals surface area contributed by atoms with E-state index in [1.807, 2.05) is 13.1 Å². The lowest BCUT2D eigenvalue weighted by Gasteiger charge is -2.18. The molecule has 1 aliphatic heterocycles. The Balaban J connectivity index is 2.32. The van der Waals surface area contributed by atoms with Crippen LogP contribution in [0.2, 0.25) is 0 Å². The third kappa shape index (κ3) is 2.47. The molecule has 1 aromatic rings. The Kier molecular flexibility index (Phi) is 4.00. The number of aromatic nitrogens is 1. The van der Waals surface area contributed by atoms with Crippen LogP contribution in [-0.2, 0) is 4.74 Å². The van der Waals surface area contributed by atoms with E-state index in [0.29, 0.717) is 0 Å². The maximum absolute atomic E-state index is 5.57. The van der Waals surface area contributed by atoms with E-state index in [0.717, 1.165) is 33.4 Å². The molecular weight excluding hydrogens is 336 g/mol. The van der Waals surface area contributed by atoms with Gasteiger partial charge in [-0.15, -0.1) is 0 Å². The van der Waals surface area contributed by atoms with Crippen LogP contribution in [0, 0.1) is 0 Å². The van der Waals surface area contributed by atoms with Gasteiger partial charge in [0.1, 0.15) is 11.8 Å². The first-order valence-electron chi connectivity index (χ1n) is 5.03. The average molecular weight is 348 g/mol. The predicted octanol–water partition coefficient (Wildman–Crippen LogP) is 3.17. The van der Waals surface area contributed by atoms with Gasteiger partial charge in [-0.05, 0) is 51.0 Å². The topological polar surface area (TPSA) is 34.1 Å². The number of nitrogens with zero attached hydrogens (tertiary/aromatic N) is 1. The molecule has 0 radical (unpaired) electrons. The first-order valence-corrected chi connectivity index (χ1v) is 6.62. The van der Waals surface area contributed by atoms with E-state index in [-0.39, 0.29) is 6.04 Å². The van der Waals surface area contributed by atoms with Crippen molar-refractivity contribution in [1.82, 2.24) is 10.3 Å². The highest BCUT2D eigenvalue weighted by Crippen LogP contribution is 2.30. The van der Waals surface area contributed by atoms with Gasteiger partial charge in [-0.1, -0.05) is 0 Å². The zero-order valence-electron chi connectivity index (χ0n) is 8.84. The molecule has 0 amide bonds. The predicted molar refractivity (Wildman–Crippen MR) is 70.1 cm³/mol.